The van der Waals surface area contributed by atoms with Gasteiger partial charge in [-0.3, -0.25) is 0 Å². The molecule has 1 saturated carbocycles. The van der Waals surface area contributed by atoms with Crippen molar-refractivity contribution < 1.29 is 9.47 Å². The Hall–Kier alpha value is -1.06. The molecular weight excluding hydrogens is 238 g/mol. The molecule has 1 fully saturated rings. The molecule has 1 aliphatic rings. The number of ether oxygens (including phenoxy) is 2. The number of hydrogen-bond acceptors (Lipinski definition) is 3. The van der Waals surface area contributed by atoms with Gasteiger partial charge in [-0.25, -0.2) is 0 Å². The van der Waals surface area contributed by atoms with Crippen molar-refractivity contribution in [3.63, 3.8) is 0 Å². The molecule has 3 nitrogen and oxygen atoms in total. The average molecular weight is 263 g/mol. The minimum absolute atomic E-state index is 0.114. The summed E-state index contributed by atoms with van der Waals surface area (Å²) in [4.78, 5) is 0. The molecule has 0 bridgehead atoms. The van der Waals surface area contributed by atoms with E-state index in [4.69, 9.17) is 9.47 Å². The van der Waals surface area contributed by atoms with Gasteiger partial charge in [-0.2, -0.15) is 0 Å². The van der Waals surface area contributed by atoms with Crippen LogP contribution in [0.3, 0.4) is 0 Å². The number of rotatable bonds is 6. The first-order valence-electron chi connectivity index (χ1n) is 7.06. The van der Waals surface area contributed by atoms with E-state index in [1.165, 1.54) is 18.4 Å². The monoisotopic (exact) mass is 263 g/mol. The van der Waals surface area contributed by atoms with Crippen molar-refractivity contribution in [2.45, 2.75) is 51.4 Å². The van der Waals surface area contributed by atoms with E-state index in [1.54, 1.807) is 0 Å². The Labute approximate surface area is 116 Å². The second-order valence-corrected chi connectivity index (χ2v) is 6.15. The largest absolute Gasteiger partial charge is 0.490 e. The molecule has 1 N–H and O–H groups in total. The highest BCUT2D eigenvalue weighted by Gasteiger charge is 2.24. The van der Waals surface area contributed by atoms with Gasteiger partial charge in [0.2, 0.25) is 0 Å². The first kappa shape index (κ1) is 14.4. The van der Waals surface area contributed by atoms with Crippen LogP contribution in [0.4, 0.5) is 0 Å². The second-order valence-electron chi connectivity index (χ2n) is 6.15. The summed E-state index contributed by atoms with van der Waals surface area (Å²) >= 11 is 0. The Kier molecular flexibility index (Phi) is 4.48. The number of nitrogens with one attached hydrogen (secondary N) is 1. The fourth-order valence-electron chi connectivity index (χ4n) is 1.86. The van der Waals surface area contributed by atoms with E-state index in [0.29, 0.717) is 12.7 Å². The van der Waals surface area contributed by atoms with E-state index in [2.05, 4.69) is 44.3 Å². The fraction of sp³-hybridized carbons (Fsp3) is 0.625. The normalized spacial score (nSPS) is 17.3. The molecule has 0 saturated heterocycles. The maximum atomic E-state index is 5.87. The van der Waals surface area contributed by atoms with Gasteiger partial charge in [0.25, 0.3) is 0 Å². The van der Waals surface area contributed by atoms with Gasteiger partial charge >= 0.3 is 0 Å². The quantitative estimate of drug-likeness (QED) is 0.854. The van der Waals surface area contributed by atoms with E-state index in [9.17, 15) is 0 Å². The molecule has 0 amide bonds. The molecule has 1 aliphatic carbocycles. The Balaban J connectivity index is 2.00. The van der Waals surface area contributed by atoms with Gasteiger partial charge in [-0.15, -0.1) is 0 Å². The van der Waals surface area contributed by atoms with Crippen LogP contribution in [-0.4, -0.2) is 25.4 Å². The fourth-order valence-corrected chi connectivity index (χ4v) is 1.86. The molecule has 0 heterocycles. The first-order chi connectivity index (χ1) is 8.98. The van der Waals surface area contributed by atoms with Gasteiger partial charge in [-0.05, 0) is 58.4 Å². The summed E-state index contributed by atoms with van der Waals surface area (Å²) in [7, 11) is 1.96. The third-order valence-electron chi connectivity index (χ3n) is 3.12. The van der Waals surface area contributed by atoms with Crippen LogP contribution in [0.2, 0.25) is 0 Å². The maximum absolute atomic E-state index is 5.87. The van der Waals surface area contributed by atoms with Crippen LogP contribution in [0.1, 0.15) is 45.2 Å². The van der Waals surface area contributed by atoms with Crippen molar-refractivity contribution in [2.75, 3.05) is 13.7 Å². The summed E-state index contributed by atoms with van der Waals surface area (Å²) in [6.45, 7) is 6.89. The number of hydrogen-bond donors (Lipinski definition) is 1. The predicted octanol–water partition coefficient (Wildman–Crippen LogP) is 3.30. The number of likely N-dealkylation sites (N-methyl/N-ethyl adjacent to an activating group) is 1. The highest BCUT2D eigenvalue weighted by Crippen LogP contribution is 2.28. The SMILES string of the molecule is CNC(COC(C)(C)C)c1cccc(OC2CC2)c1. The molecule has 0 aliphatic heterocycles. The molecule has 1 aromatic carbocycles. The molecule has 106 valence electrons. The molecule has 0 spiro atoms. The third kappa shape index (κ3) is 4.84. The van der Waals surface area contributed by atoms with Crippen molar-refractivity contribution in [1.29, 1.82) is 0 Å². The summed E-state index contributed by atoms with van der Waals surface area (Å²) in [5.41, 5.74) is 1.10. The predicted molar refractivity (Wildman–Crippen MR) is 77.6 cm³/mol. The Morgan fingerprint density at radius 3 is 2.63 bits per heavy atom. The van der Waals surface area contributed by atoms with Crippen LogP contribution in [0, 0.1) is 0 Å². The molecule has 0 aromatic heterocycles. The molecule has 19 heavy (non-hydrogen) atoms. The maximum Gasteiger partial charge on any atom is 0.120 e. The second kappa shape index (κ2) is 5.93. The molecule has 1 unspecified atom stereocenters. The minimum atomic E-state index is -0.114. The molecule has 0 radical (unpaired) electrons. The van der Waals surface area contributed by atoms with E-state index >= 15 is 0 Å². The summed E-state index contributed by atoms with van der Waals surface area (Å²) < 4.78 is 11.7. The van der Waals surface area contributed by atoms with Crippen LogP contribution in [0.15, 0.2) is 24.3 Å². The zero-order chi connectivity index (χ0) is 13.9. The van der Waals surface area contributed by atoms with E-state index < -0.39 is 0 Å². The summed E-state index contributed by atoms with van der Waals surface area (Å²) in [5.74, 6) is 0.969. The molecule has 3 heteroatoms. The van der Waals surface area contributed by atoms with Crippen molar-refractivity contribution >= 4 is 0 Å². The Morgan fingerprint density at radius 1 is 1.32 bits per heavy atom. The molecular formula is C16H25NO2. The van der Waals surface area contributed by atoms with E-state index in [0.717, 1.165) is 5.75 Å². The van der Waals surface area contributed by atoms with Crippen molar-refractivity contribution in [1.82, 2.24) is 5.32 Å². The highest BCUT2D eigenvalue weighted by molar-refractivity contribution is 5.31. The van der Waals surface area contributed by atoms with Crippen molar-refractivity contribution in [2.24, 2.45) is 0 Å². The van der Waals surface area contributed by atoms with Gasteiger partial charge in [0.1, 0.15) is 5.75 Å². The third-order valence-corrected chi connectivity index (χ3v) is 3.12. The average Bonchev–Trinajstić information content (AvgIpc) is 3.13. The molecule has 1 atom stereocenters. The Morgan fingerprint density at radius 2 is 2.05 bits per heavy atom. The van der Waals surface area contributed by atoms with Crippen LogP contribution in [-0.2, 0) is 4.74 Å². The van der Waals surface area contributed by atoms with Crippen LogP contribution < -0.4 is 10.1 Å². The summed E-state index contributed by atoms with van der Waals surface area (Å²) in [6.07, 6.45) is 2.81. The van der Waals surface area contributed by atoms with E-state index in [1.807, 2.05) is 13.1 Å². The topological polar surface area (TPSA) is 30.5 Å². The lowest BCUT2D eigenvalue weighted by Crippen LogP contribution is -2.28. The van der Waals surface area contributed by atoms with Gasteiger partial charge in [-0.1, -0.05) is 12.1 Å². The summed E-state index contributed by atoms with van der Waals surface area (Å²) in [5, 5.41) is 3.31. The highest BCUT2D eigenvalue weighted by atomic mass is 16.5. The lowest BCUT2D eigenvalue weighted by molar-refractivity contribution is -0.0139. The molecule has 2 rings (SSSR count). The lowest BCUT2D eigenvalue weighted by Gasteiger charge is -2.24. The van der Waals surface area contributed by atoms with Gasteiger partial charge < -0.3 is 14.8 Å². The standard InChI is InChI=1S/C16H25NO2/c1-16(2,3)18-11-15(17-4)12-6-5-7-14(10-12)19-13-8-9-13/h5-7,10,13,15,17H,8-9,11H2,1-4H3. The van der Waals surface area contributed by atoms with Crippen molar-refractivity contribution in [3.8, 4) is 5.75 Å². The molecule has 1 aromatic rings. The zero-order valence-corrected chi connectivity index (χ0v) is 12.4. The van der Waals surface area contributed by atoms with Crippen LogP contribution >= 0.6 is 0 Å². The van der Waals surface area contributed by atoms with Gasteiger partial charge in [0.05, 0.1) is 24.4 Å². The zero-order valence-electron chi connectivity index (χ0n) is 12.4. The summed E-state index contributed by atoms with van der Waals surface area (Å²) in [6, 6.07) is 8.51. The Bertz CT molecular complexity index is 407. The van der Waals surface area contributed by atoms with Crippen LogP contribution in [0.25, 0.3) is 0 Å². The van der Waals surface area contributed by atoms with Gasteiger partial charge in [0, 0.05) is 0 Å². The lowest BCUT2D eigenvalue weighted by atomic mass is 10.1. The van der Waals surface area contributed by atoms with Crippen molar-refractivity contribution in [3.05, 3.63) is 29.8 Å². The smallest absolute Gasteiger partial charge is 0.120 e. The van der Waals surface area contributed by atoms with Crippen LogP contribution in [0.5, 0.6) is 5.75 Å². The number of benzene rings is 1. The first-order valence-corrected chi connectivity index (χ1v) is 7.06. The minimum Gasteiger partial charge on any atom is -0.490 e. The van der Waals surface area contributed by atoms with E-state index in [-0.39, 0.29) is 11.6 Å². The van der Waals surface area contributed by atoms with Gasteiger partial charge in [0.15, 0.2) is 0 Å².